The van der Waals surface area contributed by atoms with Crippen molar-refractivity contribution in [2.75, 3.05) is 6.54 Å². The zero-order chi connectivity index (χ0) is 14.8. The topological polar surface area (TPSA) is 25.2 Å². The number of rotatable bonds is 4. The van der Waals surface area contributed by atoms with Crippen LogP contribution in [-0.4, -0.2) is 6.54 Å². The standard InChI is InChI=1S/C19H21NO/c1-4-20-19(16-11-13(2)9-10-14(16)3)17-12-21-18-8-6-5-7-15(17)18/h5-12,19-20H,4H2,1-3H3. The molecule has 3 aromatic rings. The second kappa shape index (κ2) is 5.74. The summed E-state index contributed by atoms with van der Waals surface area (Å²) in [5.74, 6) is 0. The fourth-order valence-electron chi connectivity index (χ4n) is 2.88. The normalized spacial score (nSPS) is 12.7. The van der Waals surface area contributed by atoms with Gasteiger partial charge in [0.05, 0.1) is 12.3 Å². The van der Waals surface area contributed by atoms with Crippen LogP contribution in [-0.2, 0) is 0 Å². The Morgan fingerprint density at radius 3 is 2.67 bits per heavy atom. The number of fused-ring (bicyclic) bond motifs is 1. The van der Waals surface area contributed by atoms with Gasteiger partial charge in [-0.25, -0.2) is 0 Å². The summed E-state index contributed by atoms with van der Waals surface area (Å²) in [4.78, 5) is 0. The lowest BCUT2D eigenvalue weighted by Gasteiger charge is -2.20. The van der Waals surface area contributed by atoms with Crippen molar-refractivity contribution in [2.45, 2.75) is 26.8 Å². The van der Waals surface area contributed by atoms with Gasteiger partial charge in [0.1, 0.15) is 5.58 Å². The van der Waals surface area contributed by atoms with E-state index in [9.17, 15) is 0 Å². The molecular weight excluding hydrogens is 258 g/mol. The molecule has 1 unspecified atom stereocenters. The molecule has 0 amide bonds. The molecule has 1 N–H and O–H groups in total. The van der Waals surface area contributed by atoms with E-state index >= 15 is 0 Å². The molecule has 0 saturated heterocycles. The first-order chi connectivity index (χ1) is 10.2. The number of aryl methyl sites for hydroxylation is 2. The number of hydrogen-bond acceptors (Lipinski definition) is 2. The molecule has 21 heavy (non-hydrogen) atoms. The van der Waals surface area contributed by atoms with Gasteiger partial charge in [-0.2, -0.15) is 0 Å². The quantitative estimate of drug-likeness (QED) is 0.745. The molecular formula is C19H21NO. The minimum absolute atomic E-state index is 0.165. The second-order valence-corrected chi connectivity index (χ2v) is 5.54. The molecule has 1 heterocycles. The van der Waals surface area contributed by atoms with E-state index in [4.69, 9.17) is 4.42 Å². The van der Waals surface area contributed by atoms with Crippen LogP contribution >= 0.6 is 0 Å². The molecule has 0 aliphatic heterocycles. The lowest BCUT2D eigenvalue weighted by Crippen LogP contribution is -2.22. The zero-order valence-electron chi connectivity index (χ0n) is 12.8. The van der Waals surface area contributed by atoms with Crippen LogP contribution in [0.3, 0.4) is 0 Å². The highest BCUT2D eigenvalue weighted by Crippen LogP contribution is 2.32. The van der Waals surface area contributed by atoms with E-state index in [1.54, 1.807) is 0 Å². The van der Waals surface area contributed by atoms with Crippen LogP contribution in [0.15, 0.2) is 53.1 Å². The van der Waals surface area contributed by atoms with E-state index < -0.39 is 0 Å². The fraction of sp³-hybridized carbons (Fsp3) is 0.263. The van der Waals surface area contributed by atoms with Crippen LogP contribution in [0.5, 0.6) is 0 Å². The fourth-order valence-corrected chi connectivity index (χ4v) is 2.88. The summed E-state index contributed by atoms with van der Waals surface area (Å²) in [7, 11) is 0. The maximum absolute atomic E-state index is 5.73. The number of furan rings is 1. The van der Waals surface area contributed by atoms with Gasteiger partial charge < -0.3 is 9.73 Å². The molecule has 0 spiro atoms. The summed E-state index contributed by atoms with van der Waals surface area (Å²) >= 11 is 0. The number of benzene rings is 2. The highest BCUT2D eigenvalue weighted by molar-refractivity contribution is 5.82. The Hall–Kier alpha value is -2.06. The minimum Gasteiger partial charge on any atom is -0.464 e. The third-order valence-corrected chi connectivity index (χ3v) is 3.98. The smallest absolute Gasteiger partial charge is 0.134 e. The molecule has 2 nitrogen and oxygen atoms in total. The molecule has 0 aliphatic rings. The van der Waals surface area contributed by atoms with Crippen molar-refractivity contribution in [3.05, 3.63) is 71.0 Å². The first-order valence-electron chi connectivity index (χ1n) is 7.47. The third kappa shape index (κ3) is 2.59. The van der Waals surface area contributed by atoms with Crippen molar-refractivity contribution in [3.8, 4) is 0 Å². The van der Waals surface area contributed by atoms with Gasteiger partial charge in [-0.15, -0.1) is 0 Å². The van der Waals surface area contributed by atoms with Gasteiger partial charge in [0.25, 0.3) is 0 Å². The molecule has 0 fully saturated rings. The van der Waals surface area contributed by atoms with E-state index in [1.807, 2.05) is 18.4 Å². The number of hydrogen-bond donors (Lipinski definition) is 1. The van der Waals surface area contributed by atoms with Crippen LogP contribution < -0.4 is 5.32 Å². The highest BCUT2D eigenvalue weighted by Gasteiger charge is 2.19. The van der Waals surface area contributed by atoms with Crippen LogP contribution in [0.1, 0.15) is 35.2 Å². The zero-order valence-corrected chi connectivity index (χ0v) is 12.8. The SMILES string of the molecule is CCNC(c1cc(C)ccc1C)c1coc2ccccc12. The Morgan fingerprint density at radius 2 is 1.86 bits per heavy atom. The van der Waals surface area contributed by atoms with Gasteiger partial charge >= 0.3 is 0 Å². The predicted octanol–water partition coefficient (Wildman–Crippen LogP) is 4.75. The molecule has 2 aromatic carbocycles. The highest BCUT2D eigenvalue weighted by atomic mass is 16.3. The predicted molar refractivity (Wildman–Crippen MR) is 87.6 cm³/mol. The van der Waals surface area contributed by atoms with Crippen molar-refractivity contribution in [1.29, 1.82) is 0 Å². The van der Waals surface area contributed by atoms with Crippen LogP contribution in [0.4, 0.5) is 0 Å². The van der Waals surface area contributed by atoms with Gasteiger partial charge in [0.2, 0.25) is 0 Å². The largest absolute Gasteiger partial charge is 0.464 e. The summed E-state index contributed by atoms with van der Waals surface area (Å²) in [6.07, 6.45) is 1.89. The van der Waals surface area contributed by atoms with E-state index in [2.05, 4.69) is 56.4 Å². The number of nitrogens with one attached hydrogen (secondary N) is 1. The first kappa shape index (κ1) is 13.9. The molecule has 108 valence electrons. The maximum Gasteiger partial charge on any atom is 0.134 e. The van der Waals surface area contributed by atoms with Crippen molar-refractivity contribution in [2.24, 2.45) is 0 Å². The van der Waals surface area contributed by atoms with Crippen molar-refractivity contribution < 1.29 is 4.42 Å². The molecule has 0 saturated carbocycles. The number of para-hydroxylation sites is 1. The van der Waals surface area contributed by atoms with Gasteiger partial charge in [0, 0.05) is 10.9 Å². The van der Waals surface area contributed by atoms with Crippen LogP contribution in [0, 0.1) is 13.8 Å². The molecule has 2 heteroatoms. The molecule has 1 aromatic heterocycles. The van der Waals surface area contributed by atoms with Crippen molar-refractivity contribution in [3.63, 3.8) is 0 Å². The summed E-state index contributed by atoms with van der Waals surface area (Å²) in [6.45, 7) is 7.36. The Kier molecular flexibility index (Phi) is 3.80. The molecule has 1 atom stereocenters. The summed E-state index contributed by atoms with van der Waals surface area (Å²) in [5.41, 5.74) is 6.06. The molecule has 0 radical (unpaired) electrons. The van der Waals surface area contributed by atoms with E-state index in [0.29, 0.717) is 0 Å². The lowest BCUT2D eigenvalue weighted by molar-refractivity contribution is 0.583. The van der Waals surface area contributed by atoms with Gasteiger partial charge in [-0.05, 0) is 37.6 Å². The summed E-state index contributed by atoms with van der Waals surface area (Å²) in [6, 6.07) is 15.0. The maximum atomic E-state index is 5.73. The molecule has 0 aliphatic carbocycles. The second-order valence-electron chi connectivity index (χ2n) is 5.54. The lowest BCUT2D eigenvalue weighted by atomic mass is 9.93. The first-order valence-corrected chi connectivity index (χ1v) is 7.47. The minimum atomic E-state index is 0.165. The average Bonchev–Trinajstić information content (AvgIpc) is 2.91. The Bertz CT molecular complexity index is 757. The van der Waals surface area contributed by atoms with E-state index in [1.165, 1.54) is 27.6 Å². The summed E-state index contributed by atoms with van der Waals surface area (Å²) < 4.78 is 5.73. The van der Waals surface area contributed by atoms with Gasteiger partial charge in [-0.3, -0.25) is 0 Å². The van der Waals surface area contributed by atoms with Crippen LogP contribution in [0.2, 0.25) is 0 Å². The van der Waals surface area contributed by atoms with E-state index in [0.717, 1.165) is 12.1 Å². The van der Waals surface area contributed by atoms with Gasteiger partial charge in [-0.1, -0.05) is 48.9 Å². The Labute approximate surface area is 125 Å². The van der Waals surface area contributed by atoms with Crippen molar-refractivity contribution >= 4 is 11.0 Å². The molecule has 0 bridgehead atoms. The van der Waals surface area contributed by atoms with Gasteiger partial charge in [0.15, 0.2) is 0 Å². The Morgan fingerprint density at radius 1 is 1.05 bits per heavy atom. The average molecular weight is 279 g/mol. The third-order valence-electron chi connectivity index (χ3n) is 3.98. The van der Waals surface area contributed by atoms with Crippen LogP contribution in [0.25, 0.3) is 11.0 Å². The van der Waals surface area contributed by atoms with E-state index in [-0.39, 0.29) is 6.04 Å². The molecule has 3 rings (SSSR count). The Balaban J connectivity index is 2.15. The summed E-state index contributed by atoms with van der Waals surface area (Å²) in [5, 5.41) is 4.79. The monoisotopic (exact) mass is 279 g/mol. The van der Waals surface area contributed by atoms with Crippen molar-refractivity contribution in [1.82, 2.24) is 5.32 Å².